The van der Waals surface area contributed by atoms with E-state index in [0.717, 1.165) is 41.5 Å². The molecule has 0 aliphatic carbocycles. The monoisotopic (exact) mass is 251 g/mol. The number of rotatable bonds is 5. The van der Waals surface area contributed by atoms with E-state index >= 15 is 0 Å². The first kappa shape index (κ1) is 12.0. The van der Waals surface area contributed by atoms with Crippen molar-refractivity contribution < 1.29 is 9.53 Å². The molecule has 0 atom stereocenters. The van der Waals surface area contributed by atoms with Crippen LogP contribution in [0.5, 0.6) is 5.75 Å². The Morgan fingerprint density at radius 1 is 1.47 bits per heavy atom. The zero-order valence-electron chi connectivity index (χ0n) is 9.63. The van der Waals surface area contributed by atoms with Crippen molar-refractivity contribution in [2.75, 3.05) is 13.0 Å². The molecule has 0 saturated heterocycles. The van der Waals surface area contributed by atoms with E-state index in [9.17, 15) is 4.79 Å². The van der Waals surface area contributed by atoms with E-state index in [2.05, 4.69) is 4.98 Å². The van der Waals surface area contributed by atoms with Crippen LogP contribution in [0.2, 0.25) is 0 Å². The van der Waals surface area contributed by atoms with Crippen molar-refractivity contribution in [3.05, 3.63) is 29.5 Å². The van der Waals surface area contributed by atoms with Crippen LogP contribution in [0.3, 0.4) is 0 Å². The quantitative estimate of drug-likeness (QED) is 0.655. The molecule has 0 fully saturated rings. The summed E-state index contributed by atoms with van der Waals surface area (Å²) in [6.07, 6.45) is 2.53. The first-order chi connectivity index (χ1) is 8.30. The number of hydrogen-bond acceptors (Lipinski definition) is 2. The number of alkyl halides is 1. The molecule has 2 aromatic rings. The zero-order chi connectivity index (χ0) is 12.3. The highest BCUT2D eigenvalue weighted by atomic mass is 35.5. The molecule has 0 saturated carbocycles. The second kappa shape index (κ2) is 5.23. The molecule has 2 rings (SSSR count). The third-order valence-corrected chi connectivity index (χ3v) is 3.07. The molecule has 90 valence electrons. The summed E-state index contributed by atoms with van der Waals surface area (Å²) in [5.41, 5.74) is 2.62. The van der Waals surface area contributed by atoms with E-state index < -0.39 is 0 Å². The number of fused-ring (bicyclic) bond motifs is 1. The number of carbonyl (C=O) groups is 1. The average Bonchev–Trinajstić information content (AvgIpc) is 2.72. The number of hydrogen-bond donors (Lipinski definition) is 1. The molecule has 17 heavy (non-hydrogen) atoms. The van der Waals surface area contributed by atoms with Crippen LogP contribution >= 0.6 is 11.6 Å². The van der Waals surface area contributed by atoms with Crippen LogP contribution in [0.1, 0.15) is 22.5 Å². The van der Waals surface area contributed by atoms with E-state index in [1.165, 1.54) is 0 Å². The molecule has 0 aliphatic heterocycles. The Balaban J connectivity index is 2.51. The minimum Gasteiger partial charge on any atom is -0.497 e. The largest absolute Gasteiger partial charge is 0.497 e. The van der Waals surface area contributed by atoms with Gasteiger partial charge >= 0.3 is 0 Å². The van der Waals surface area contributed by atoms with E-state index in [1.807, 2.05) is 18.2 Å². The van der Waals surface area contributed by atoms with Crippen LogP contribution in [-0.2, 0) is 6.42 Å². The minimum absolute atomic E-state index is 0.594. The smallest absolute Gasteiger partial charge is 0.152 e. The highest BCUT2D eigenvalue weighted by Gasteiger charge is 2.11. The number of methoxy groups -OCH3 is 1. The van der Waals surface area contributed by atoms with Crippen LogP contribution in [0.15, 0.2) is 18.2 Å². The third kappa shape index (κ3) is 2.29. The summed E-state index contributed by atoms with van der Waals surface area (Å²) in [6, 6.07) is 5.67. The normalized spacial score (nSPS) is 10.7. The number of ether oxygens (including phenoxy) is 1. The molecule has 0 spiro atoms. The van der Waals surface area contributed by atoms with Gasteiger partial charge in [-0.25, -0.2) is 0 Å². The van der Waals surface area contributed by atoms with Crippen LogP contribution in [0.25, 0.3) is 10.9 Å². The fraction of sp³-hybridized carbons (Fsp3) is 0.308. The Labute approximate surface area is 105 Å². The predicted molar refractivity (Wildman–Crippen MR) is 69.3 cm³/mol. The van der Waals surface area contributed by atoms with E-state index in [4.69, 9.17) is 16.3 Å². The van der Waals surface area contributed by atoms with Crippen LogP contribution < -0.4 is 4.74 Å². The summed E-state index contributed by atoms with van der Waals surface area (Å²) in [6.45, 7) is 0. The number of benzene rings is 1. The topological polar surface area (TPSA) is 42.1 Å². The van der Waals surface area contributed by atoms with Crippen molar-refractivity contribution in [3.63, 3.8) is 0 Å². The molecule has 3 nitrogen and oxygen atoms in total. The van der Waals surface area contributed by atoms with Gasteiger partial charge < -0.3 is 9.72 Å². The van der Waals surface area contributed by atoms with Gasteiger partial charge in [-0.3, -0.25) is 4.79 Å². The number of halogens is 1. The van der Waals surface area contributed by atoms with Gasteiger partial charge in [0.2, 0.25) is 0 Å². The summed E-state index contributed by atoms with van der Waals surface area (Å²) in [5, 5.41) is 0.906. The predicted octanol–water partition coefficient (Wildman–Crippen LogP) is 3.16. The molecule has 0 unspecified atom stereocenters. The maximum Gasteiger partial charge on any atom is 0.152 e. The summed E-state index contributed by atoms with van der Waals surface area (Å²) >= 11 is 5.67. The third-order valence-electron chi connectivity index (χ3n) is 2.81. The highest BCUT2D eigenvalue weighted by Crippen LogP contribution is 2.26. The van der Waals surface area contributed by atoms with Crippen molar-refractivity contribution in [1.29, 1.82) is 0 Å². The summed E-state index contributed by atoms with van der Waals surface area (Å²) in [5.74, 6) is 1.35. The Kier molecular flexibility index (Phi) is 3.69. The fourth-order valence-corrected chi connectivity index (χ4v) is 2.08. The molecule has 0 amide bonds. The lowest BCUT2D eigenvalue weighted by Crippen LogP contribution is -1.91. The lowest BCUT2D eigenvalue weighted by molar-refractivity contribution is 0.112. The number of H-pyrrole nitrogens is 1. The molecular weight excluding hydrogens is 238 g/mol. The number of aromatic nitrogens is 1. The van der Waals surface area contributed by atoms with Gasteiger partial charge in [0.1, 0.15) is 5.75 Å². The van der Waals surface area contributed by atoms with Crippen molar-refractivity contribution in [2.24, 2.45) is 0 Å². The summed E-state index contributed by atoms with van der Waals surface area (Å²) < 4.78 is 5.16. The standard InChI is InChI=1S/C13H14ClNO2/c1-17-9-4-5-13-10(7-9)11(8-16)12(15-13)3-2-6-14/h4-5,7-8,15H,2-3,6H2,1H3. The van der Waals surface area contributed by atoms with Crippen molar-refractivity contribution in [3.8, 4) is 5.75 Å². The first-order valence-corrected chi connectivity index (χ1v) is 6.03. The molecule has 1 aromatic carbocycles. The van der Waals surface area contributed by atoms with Gasteiger partial charge in [-0.1, -0.05) is 0 Å². The minimum atomic E-state index is 0.594. The van der Waals surface area contributed by atoms with Crippen molar-refractivity contribution in [1.82, 2.24) is 4.98 Å². The van der Waals surface area contributed by atoms with Gasteiger partial charge in [-0.2, -0.15) is 0 Å². The number of aromatic amines is 1. The zero-order valence-corrected chi connectivity index (χ0v) is 10.4. The lowest BCUT2D eigenvalue weighted by atomic mass is 10.1. The Bertz CT molecular complexity index is 533. The van der Waals surface area contributed by atoms with Gasteiger partial charge in [0, 0.05) is 28.0 Å². The van der Waals surface area contributed by atoms with Gasteiger partial charge in [0.15, 0.2) is 6.29 Å². The lowest BCUT2D eigenvalue weighted by Gasteiger charge is -1.98. The van der Waals surface area contributed by atoms with Crippen LogP contribution in [0.4, 0.5) is 0 Å². The van der Waals surface area contributed by atoms with Gasteiger partial charge in [0.05, 0.1) is 7.11 Å². The Morgan fingerprint density at radius 2 is 2.29 bits per heavy atom. The number of carbonyl (C=O) groups excluding carboxylic acids is 1. The average molecular weight is 252 g/mol. The van der Waals surface area contributed by atoms with Crippen molar-refractivity contribution in [2.45, 2.75) is 12.8 Å². The van der Waals surface area contributed by atoms with Gasteiger partial charge in [-0.05, 0) is 31.0 Å². The second-order valence-corrected chi connectivity index (χ2v) is 4.22. The molecule has 1 aromatic heterocycles. The molecular formula is C13H14ClNO2. The van der Waals surface area contributed by atoms with Gasteiger partial charge in [-0.15, -0.1) is 11.6 Å². The van der Waals surface area contributed by atoms with E-state index in [1.54, 1.807) is 7.11 Å². The Hall–Kier alpha value is -1.48. The first-order valence-electron chi connectivity index (χ1n) is 5.50. The molecule has 1 N–H and O–H groups in total. The van der Waals surface area contributed by atoms with Crippen LogP contribution in [-0.4, -0.2) is 24.3 Å². The number of aldehydes is 1. The fourth-order valence-electron chi connectivity index (χ4n) is 1.95. The summed E-state index contributed by atoms with van der Waals surface area (Å²) in [7, 11) is 1.61. The Morgan fingerprint density at radius 3 is 2.94 bits per heavy atom. The number of aryl methyl sites for hydroxylation is 1. The molecule has 0 bridgehead atoms. The molecule has 0 radical (unpaired) electrons. The van der Waals surface area contributed by atoms with Gasteiger partial charge in [0.25, 0.3) is 0 Å². The van der Waals surface area contributed by atoms with E-state index in [0.29, 0.717) is 11.4 Å². The summed E-state index contributed by atoms with van der Waals surface area (Å²) in [4.78, 5) is 14.4. The molecule has 0 aliphatic rings. The maximum atomic E-state index is 11.2. The second-order valence-electron chi connectivity index (χ2n) is 3.84. The number of nitrogens with one attached hydrogen (secondary N) is 1. The molecule has 4 heteroatoms. The SMILES string of the molecule is COc1ccc2[nH]c(CCCCl)c(C=O)c2c1. The van der Waals surface area contributed by atoms with Crippen molar-refractivity contribution >= 4 is 28.8 Å². The maximum absolute atomic E-state index is 11.2. The van der Waals surface area contributed by atoms with Crippen LogP contribution in [0, 0.1) is 0 Å². The molecule has 1 heterocycles. The highest BCUT2D eigenvalue weighted by molar-refractivity contribution is 6.17. The van der Waals surface area contributed by atoms with E-state index in [-0.39, 0.29) is 0 Å².